The van der Waals surface area contributed by atoms with Gasteiger partial charge < -0.3 is 14.8 Å². The van der Waals surface area contributed by atoms with Gasteiger partial charge in [0.25, 0.3) is 0 Å². The zero-order chi connectivity index (χ0) is 11.3. The number of nitrogens with one attached hydrogen (secondary N) is 1. The van der Waals surface area contributed by atoms with Crippen molar-refractivity contribution in [3.05, 3.63) is 10.6 Å². The van der Waals surface area contributed by atoms with Gasteiger partial charge in [-0.15, -0.1) is 0 Å². The van der Waals surface area contributed by atoms with Crippen molar-refractivity contribution in [2.45, 2.75) is 6.29 Å². The van der Waals surface area contributed by atoms with Crippen LogP contribution in [0.15, 0.2) is 0 Å². The molecule has 0 amide bonds. The first-order valence-electron chi connectivity index (χ1n) is 4.02. The summed E-state index contributed by atoms with van der Waals surface area (Å²) in [5.74, 6) is 0.277. The van der Waals surface area contributed by atoms with Crippen LogP contribution in [0.5, 0.6) is 0 Å². The molecule has 0 aliphatic rings. The van der Waals surface area contributed by atoms with Crippen LogP contribution in [-0.4, -0.2) is 42.0 Å². The van der Waals surface area contributed by atoms with E-state index >= 15 is 0 Å². The van der Waals surface area contributed by atoms with Gasteiger partial charge in [-0.1, -0.05) is 0 Å². The molecule has 6 nitrogen and oxygen atoms in total. The molecule has 0 spiro atoms. The van der Waals surface area contributed by atoms with Gasteiger partial charge in [-0.25, -0.2) is 0 Å². The van der Waals surface area contributed by atoms with E-state index in [9.17, 15) is 0 Å². The average molecular weight is 253 g/mol. The Balaban J connectivity index is 2.57. The van der Waals surface area contributed by atoms with E-state index in [-0.39, 0.29) is 22.8 Å². The number of rotatable bonds is 5. The second-order valence-corrected chi connectivity index (χ2v) is 3.16. The third-order valence-electron chi connectivity index (χ3n) is 1.53. The van der Waals surface area contributed by atoms with Crippen molar-refractivity contribution in [2.24, 2.45) is 0 Å². The lowest BCUT2D eigenvalue weighted by atomic mass is 10.6. The molecule has 1 aromatic heterocycles. The van der Waals surface area contributed by atoms with Gasteiger partial charge in [0, 0.05) is 14.2 Å². The van der Waals surface area contributed by atoms with E-state index in [1.165, 1.54) is 14.2 Å². The van der Waals surface area contributed by atoms with Crippen molar-refractivity contribution in [1.29, 1.82) is 0 Å². The van der Waals surface area contributed by atoms with Crippen molar-refractivity contribution in [1.82, 2.24) is 15.0 Å². The number of methoxy groups -OCH3 is 2. The van der Waals surface area contributed by atoms with Crippen LogP contribution in [0.3, 0.4) is 0 Å². The molecule has 84 valence electrons. The van der Waals surface area contributed by atoms with Crippen LogP contribution >= 0.6 is 23.2 Å². The molecule has 15 heavy (non-hydrogen) atoms. The summed E-state index contributed by atoms with van der Waals surface area (Å²) in [5.41, 5.74) is 0. The highest BCUT2D eigenvalue weighted by atomic mass is 35.5. The number of ether oxygens (including phenoxy) is 2. The predicted molar refractivity (Wildman–Crippen MR) is 56.1 cm³/mol. The molecule has 1 rings (SSSR count). The smallest absolute Gasteiger partial charge is 0.228 e. The van der Waals surface area contributed by atoms with Gasteiger partial charge in [-0.2, -0.15) is 15.0 Å². The summed E-state index contributed by atoms with van der Waals surface area (Å²) in [6.45, 7) is 0.379. The van der Waals surface area contributed by atoms with Crippen LogP contribution in [0.25, 0.3) is 0 Å². The minimum Gasteiger partial charge on any atom is -0.354 e. The number of anilines is 1. The fourth-order valence-electron chi connectivity index (χ4n) is 0.842. The molecule has 1 heterocycles. The Hall–Kier alpha value is -0.690. The largest absolute Gasteiger partial charge is 0.354 e. The normalized spacial score (nSPS) is 10.7. The Morgan fingerprint density at radius 2 is 1.67 bits per heavy atom. The monoisotopic (exact) mass is 252 g/mol. The molecule has 0 fully saturated rings. The van der Waals surface area contributed by atoms with Crippen LogP contribution < -0.4 is 5.32 Å². The van der Waals surface area contributed by atoms with Crippen molar-refractivity contribution in [2.75, 3.05) is 26.1 Å². The molecule has 0 aromatic carbocycles. The Labute approximate surface area is 96.9 Å². The van der Waals surface area contributed by atoms with Crippen molar-refractivity contribution in [3.63, 3.8) is 0 Å². The lowest BCUT2D eigenvalue weighted by Crippen LogP contribution is -2.24. The van der Waals surface area contributed by atoms with Gasteiger partial charge in [0.2, 0.25) is 16.5 Å². The fraction of sp³-hybridized carbons (Fsp3) is 0.571. The number of aromatic nitrogens is 3. The standard InChI is InChI=1S/C7H10Cl2N4O2/c1-14-4(15-2)3-10-7-12-5(8)11-6(9)13-7/h4H,3H2,1-2H3,(H,10,11,12,13). The molecular formula is C7H10Cl2N4O2. The number of nitrogens with zero attached hydrogens (tertiary/aromatic N) is 3. The van der Waals surface area contributed by atoms with Gasteiger partial charge in [-0.05, 0) is 23.2 Å². The highest BCUT2D eigenvalue weighted by Gasteiger charge is 2.07. The van der Waals surface area contributed by atoms with E-state index in [4.69, 9.17) is 32.7 Å². The van der Waals surface area contributed by atoms with Crippen molar-refractivity contribution in [3.8, 4) is 0 Å². The van der Waals surface area contributed by atoms with E-state index in [1.807, 2.05) is 0 Å². The first kappa shape index (κ1) is 12.4. The minimum atomic E-state index is -0.390. The summed E-state index contributed by atoms with van der Waals surface area (Å²) in [7, 11) is 3.06. The van der Waals surface area contributed by atoms with Gasteiger partial charge in [0.05, 0.1) is 6.54 Å². The van der Waals surface area contributed by atoms with Crippen molar-refractivity contribution >= 4 is 29.2 Å². The summed E-state index contributed by atoms with van der Waals surface area (Å²) in [5, 5.41) is 2.91. The zero-order valence-corrected chi connectivity index (χ0v) is 9.71. The van der Waals surface area contributed by atoms with Gasteiger partial charge in [-0.3, -0.25) is 0 Å². The molecule has 0 saturated heterocycles. The Morgan fingerprint density at radius 3 is 2.13 bits per heavy atom. The molecule has 0 aliphatic heterocycles. The summed E-state index contributed by atoms with van der Waals surface area (Å²) < 4.78 is 9.92. The van der Waals surface area contributed by atoms with Crippen molar-refractivity contribution < 1.29 is 9.47 Å². The van der Waals surface area contributed by atoms with E-state index in [2.05, 4.69) is 20.3 Å². The average Bonchev–Trinajstić information content (AvgIpc) is 2.18. The summed E-state index contributed by atoms with van der Waals surface area (Å²) in [6, 6.07) is 0. The third kappa shape index (κ3) is 4.13. The highest BCUT2D eigenvalue weighted by molar-refractivity contribution is 6.31. The number of hydrogen-bond donors (Lipinski definition) is 1. The summed E-state index contributed by atoms with van der Waals surface area (Å²) in [4.78, 5) is 11.2. The molecule has 1 N–H and O–H groups in total. The number of hydrogen-bond acceptors (Lipinski definition) is 6. The topological polar surface area (TPSA) is 69.2 Å². The third-order valence-corrected chi connectivity index (χ3v) is 1.87. The Kier molecular flexibility index (Phi) is 4.97. The SMILES string of the molecule is COC(CNc1nc(Cl)nc(Cl)n1)OC. The maximum absolute atomic E-state index is 5.58. The second kappa shape index (κ2) is 6.02. The van der Waals surface area contributed by atoms with E-state index < -0.39 is 0 Å². The highest BCUT2D eigenvalue weighted by Crippen LogP contribution is 2.09. The Morgan fingerprint density at radius 1 is 1.13 bits per heavy atom. The van der Waals surface area contributed by atoms with Gasteiger partial charge in [0.1, 0.15) is 0 Å². The minimum absolute atomic E-state index is 0.0314. The van der Waals surface area contributed by atoms with E-state index in [0.717, 1.165) is 0 Å². The van der Waals surface area contributed by atoms with Crippen LogP contribution in [-0.2, 0) is 9.47 Å². The zero-order valence-electron chi connectivity index (χ0n) is 8.20. The molecule has 0 saturated carbocycles. The van der Waals surface area contributed by atoms with Crippen LogP contribution in [0.4, 0.5) is 5.95 Å². The molecule has 0 atom stereocenters. The van der Waals surface area contributed by atoms with Crippen LogP contribution in [0, 0.1) is 0 Å². The van der Waals surface area contributed by atoms with Crippen LogP contribution in [0.2, 0.25) is 10.6 Å². The molecule has 0 radical (unpaired) electrons. The first-order chi connectivity index (χ1) is 7.15. The predicted octanol–water partition coefficient (Wildman–Crippen LogP) is 1.21. The fourth-order valence-corrected chi connectivity index (χ4v) is 1.21. The Bertz CT molecular complexity index is 302. The van der Waals surface area contributed by atoms with Gasteiger partial charge in [0.15, 0.2) is 6.29 Å². The molecule has 0 unspecified atom stereocenters. The van der Waals surface area contributed by atoms with E-state index in [0.29, 0.717) is 6.54 Å². The molecule has 0 bridgehead atoms. The summed E-state index contributed by atoms with van der Waals surface area (Å²) in [6.07, 6.45) is -0.390. The summed E-state index contributed by atoms with van der Waals surface area (Å²) >= 11 is 11.2. The van der Waals surface area contributed by atoms with E-state index in [1.54, 1.807) is 0 Å². The second-order valence-electron chi connectivity index (χ2n) is 2.48. The molecular weight excluding hydrogens is 243 g/mol. The first-order valence-corrected chi connectivity index (χ1v) is 4.78. The van der Waals surface area contributed by atoms with Gasteiger partial charge >= 0.3 is 0 Å². The molecule has 8 heteroatoms. The maximum Gasteiger partial charge on any atom is 0.228 e. The lowest BCUT2D eigenvalue weighted by molar-refractivity contribution is -0.0914. The molecule has 1 aromatic rings. The lowest BCUT2D eigenvalue weighted by Gasteiger charge is -2.13. The quantitative estimate of drug-likeness (QED) is 0.795. The number of halogens is 2. The maximum atomic E-state index is 5.58. The van der Waals surface area contributed by atoms with Crippen LogP contribution in [0.1, 0.15) is 0 Å². The molecule has 0 aliphatic carbocycles.